The van der Waals surface area contributed by atoms with Crippen molar-refractivity contribution in [2.45, 2.75) is 33.3 Å². The lowest BCUT2D eigenvalue weighted by atomic mass is 10.1. The van der Waals surface area contributed by atoms with Gasteiger partial charge >= 0.3 is 0 Å². The summed E-state index contributed by atoms with van der Waals surface area (Å²) in [6.07, 6.45) is 0.653. The maximum atomic E-state index is 9.52. The van der Waals surface area contributed by atoms with Gasteiger partial charge in [0.2, 0.25) is 0 Å². The van der Waals surface area contributed by atoms with Gasteiger partial charge in [-0.15, -0.1) is 0 Å². The molecule has 0 radical (unpaired) electrons. The van der Waals surface area contributed by atoms with Crippen LogP contribution in [0, 0.1) is 5.92 Å². The molecule has 0 saturated heterocycles. The lowest BCUT2D eigenvalue weighted by Crippen LogP contribution is -2.23. The second kappa shape index (κ2) is 6.27. The molecule has 2 unspecified atom stereocenters. The summed E-state index contributed by atoms with van der Waals surface area (Å²) in [5.41, 5.74) is 1.88. The average molecular weight is 256 g/mol. The summed E-state index contributed by atoms with van der Waals surface area (Å²) in [5.74, 6) is 0.662. The van der Waals surface area contributed by atoms with E-state index in [0.29, 0.717) is 10.9 Å². The highest BCUT2D eigenvalue weighted by Gasteiger charge is 2.10. The van der Waals surface area contributed by atoms with Gasteiger partial charge in [0.15, 0.2) is 0 Å². The van der Waals surface area contributed by atoms with Gasteiger partial charge in [-0.2, -0.15) is 0 Å². The number of nitrogens with zero attached hydrogens (tertiary/aromatic N) is 1. The van der Waals surface area contributed by atoms with Crippen molar-refractivity contribution < 1.29 is 5.11 Å². The van der Waals surface area contributed by atoms with Crippen molar-refractivity contribution in [3.63, 3.8) is 0 Å². The van der Waals surface area contributed by atoms with Crippen LogP contribution < -0.4 is 4.90 Å². The van der Waals surface area contributed by atoms with Crippen LogP contribution in [-0.4, -0.2) is 18.7 Å². The van der Waals surface area contributed by atoms with Gasteiger partial charge in [0.25, 0.3) is 0 Å². The predicted molar refractivity (Wildman–Crippen MR) is 74.8 cm³/mol. The molecule has 1 aromatic rings. The van der Waals surface area contributed by atoms with Gasteiger partial charge < -0.3 is 10.0 Å². The van der Waals surface area contributed by atoms with Crippen LogP contribution in [0.25, 0.3) is 0 Å². The van der Waals surface area contributed by atoms with Crippen molar-refractivity contribution in [2.75, 3.05) is 18.5 Å². The third kappa shape index (κ3) is 3.90. The van der Waals surface area contributed by atoms with Crippen LogP contribution in [0.2, 0.25) is 5.02 Å². The molecule has 0 aromatic heterocycles. The summed E-state index contributed by atoms with van der Waals surface area (Å²) in [5, 5.41) is 10.2. The van der Waals surface area contributed by atoms with E-state index in [1.165, 1.54) is 6.42 Å². The zero-order chi connectivity index (χ0) is 13.0. The van der Waals surface area contributed by atoms with Gasteiger partial charge in [-0.25, -0.2) is 0 Å². The first-order valence-electron chi connectivity index (χ1n) is 6.14. The molecule has 3 heteroatoms. The molecule has 96 valence electrons. The molecule has 0 aliphatic carbocycles. The Balaban J connectivity index is 2.82. The summed E-state index contributed by atoms with van der Waals surface area (Å²) in [4.78, 5) is 2.20. The molecular formula is C14H22ClNO. The zero-order valence-electron chi connectivity index (χ0n) is 11.1. The Hall–Kier alpha value is -0.730. The third-order valence-corrected chi connectivity index (χ3v) is 3.48. The van der Waals surface area contributed by atoms with Crippen molar-refractivity contribution in [3.05, 3.63) is 28.8 Å². The molecule has 17 heavy (non-hydrogen) atoms. The van der Waals surface area contributed by atoms with Gasteiger partial charge in [-0.1, -0.05) is 37.9 Å². The molecular weight excluding hydrogens is 234 g/mol. The van der Waals surface area contributed by atoms with Crippen LogP contribution in [0.15, 0.2) is 18.2 Å². The number of aliphatic hydroxyl groups excluding tert-OH is 1. The fourth-order valence-electron chi connectivity index (χ4n) is 1.79. The van der Waals surface area contributed by atoms with Crippen LogP contribution >= 0.6 is 11.6 Å². The average Bonchev–Trinajstić information content (AvgIpc) is 2.28. The van der Waals surface area contributed by atoms with Gasteiger partial charge in [0.1, 0.15) is 0 Å². The van der Waals surface area contributed by atoms with Crippen LogP contribution in [-0.2, 0) is 0 Å². The maximum absolute atomic E-state index is 9.52. The van der Waals surface area contributed by atoms with E-state index in [1.807, 2.05) is 18.2 Å². The molecule has 2 atom stereocenters. The lowest BCUT2D eigenvalue weighted by molar-refractivity contribution is 0.199. The number of rotatable bonds is 5. The van der Waals surface area contributed by atoms with Crippen molar-refractivity contribution in [1.82, 2.24) is 0 Å². The number of hydrogen-bond donors (Lipinski definition) is 1. The minimum atomic E-state index is -0.517. The molecule has 0 amide bonds. The van der Waals surface area contributed by atoms with Gasteiger partial charge in [-0.05, 0) is 30.5 Å². The number of halogens is 1. The minimum Gasteiger partial charge on any atom is -0.389 e. The van der Waals surface area contributed by atoms with E-state index in [4.69, 9.17) is 11.6 Å². The summed E-state index contributed by atoms with van der Waals surface area (Å²) in [6.45, 7) is 7.18. The molecule has 0 aliphatic heterocycles. The normalized spacial score (nSPS) is 14.5. The van der Waals surface area contributed by atoms with Crippen LogP contribution in [0.5, 0.6) is 0 Å². The molecule has 0 fully saturated rings. The fraction of sp³-hybridized carbons (Fsp3) is 0.571. The highest BCUT2D eigenvalue weighted by atomic mass is 35.5. The molecule has 0 spiro atoms. The minimum absolute atomic E-state index is 0.517. The maximum Gasteiger partial charge on any atom is 0.0776 e. The van der Waals surface area contributed by atoms with Crippen molar-refractivity contribution >= 4 is 17.3 Å². The Morgan fingerprint density at radius 1 is 1.35 bits per heavy atom. The Labute approximate surface area is 109 Å². The Morgan fingerprint density at radius 2 is 2.00 bits per heavy atom. The lowest BCUT2D eigenvalue weighted by Gasteiger charge is -2.23. The molecule has 1 N–H and O–H groups in total. The summed E-state index contributed by atoms with van der Waals surface area (Å²) < 4.78 is 0. The van der Waals surface area contributed by atoms with E-state index in [1.54, 1.807) is 6.92 Å². The standard InChI is InChI=1S/C14H22ClNO/c1-5-10(2)9-16(4)12-6-7-13(11(3)17)14(15)8-12/h6-8,10-11,17H,5,9H2,1-4H3. The molecule has 0 heterocycles. The van der Waals surface area contributed by atoms with E-state index in [0.717, 1.165) is 17.8 Å². The highest BCUT2D eigenvalue weighted by Crippen LogP contribution is 2.27. The first kappa shape index (κ1) is 14.3. The largest absolute Gasteiger partial charge is 0.389 e. The van der Waals surface area contributed by atoms with E-state index < -0.39 is 6.10 Å². The van der Waals surface area contributed by atoms with E-state index in [2.05, 4.69) is 25.8 Å². The topological polar surface area (TPSA) is 23.5 Å². The zero-order valence-corrected chi connectivity index (χ0v) is 11.8. The monoisotopic (exact) mass is 255 g/mol. The van der Waals surface area contributed by atoms with Crippen molar-refractivity contribution in [2.24, 2.45) is 5.92 Å². The molecule has 1 aromatic carbocycles. The van der Waals surface area contributed by atoms with Crippen LogP contribution in [0.4, 0.5) is 5.69 Å². The number of anilines is 1. The Morgan fingerprint density at radius 3 is 2.47 bits per heavy atom. The second-order valence-corrected chi connectivity index (χ2v) is 5.18. The molecule has 0 bridgehead atoms. The highest BCUT2D eigenvalue weighted by molar-refractivity contribution is 6.31. The number of hydrogen-bond acceptors (Lipinski definition) is 2. The van der Waals surface area contributed by atoms with Crippen molar-refractivity contribution in [3.8, 4) is 0 Å². The quantitative estimate of drug-likeness (QED) is 0.863. The van der Waals surface area contributed by atoms with Crippen molar-refractivity contribution in [1.29, 1.82) is 0 Å². The SMILES string of the molecule is CCC(C)CN(C)c1ccc(C(C)O)c(Cl)c1. The van der Waals surface area contributed by atoms with Gasteiger partial charge in [-0.3, -0.25) is 0 Å². The van der Waals surface area contributed by atoms with Gasteiger partial charge in [0.05, 0.1) is 6.10 Å². The summed E-state index contributed by atoms with van der Waals surface area (Å²) >= 11 is 6.15. The second-order valence-electron chi connectivity index (χ2n) is 4.78. The molecule has 1 rings (SSSR count). The third-order valence-electron chi connectivity index (χ3n) is 3.16. The van der Waals surface area contributed by atoms with E-state index >= 15 is 0 Å². The van der Waals surface area contributed by atoms with E-state index in [-0.39, 0.29) is 0 Å². The Kier molecular flexibility index (Phi) is 5.29. The van der Waals surface area contributed by atoms with E-state index in [9.17, 15) is 5.11 Å². The van der Waals surface area contributed by atoms with Crippen LogP contribution in [0.3, 0.4) is 0 Å². The van der Waals surface area contributed by atoms with Gasteiger partial charge in [0, 0.05) is 24.3 Å². The molecule has 0 saturated carbocycles. The molecule has 0 aliphatic rings. The first-order chi connectivity index (χ1) is 7.95. The van der Waals surface area contributed by atoms with Crippen LogP contribution in [0.1, 0.15) is 38.9 Å². The smallest absolute Gasteiger partial charge is 0.0776 e. The Bertz CT molecular complexity index is 365. The predicted octanol–water partition coefficient (Wildman–Crippen LogP) is 3.88. The summed E-state index contributed by atoms with van der Waals surface area (Å²) in [6, 6.07) is 5.83. The fourth-order valence-corrected chi connectivity index (χ4v) is 2.13. The number of benzene rings is 1. The number of aliphatic hydroxyl groups is 1. The molecule has 2 nitrogen and oxygen atoms in total. The first-order valence-corrected chi connectivity index (χ1v) is 6.52. The summed E-state index contributed by atoms with van der Waals surface area (Å²) in [7, 11) is 2.07.